The summed E-state index contributed by atoms with van der Waals surface area (Å²) in [5.41, 5.74) is 5.23. The van der Waals surface area contributed by atoms with Crippen LogP contribution in [0.5, 0.6) is 0 Å². The van der Waals surface area contributed by atoms with Crippen molar-refractivity contribution < 1.29 is 9.72 Å². The van der Waals surface area contributed by atoms with E-state index < -0.39 is 10.8 Å². The van der Waals surface area contributed by atoms with Crippen molar-refractivity contribution in [3.8, 4) is 0 Å². The SMILES string of the molecule is CC(C)C(CN)NC(=O)c1cc([N+](=O)[O-])cc(Cl)c1Cl. The number of nitro groups is 1. The average molecular weight is 320 g/mol. The van der Waals surface area contributed by atoms with E-state index in [4.69, 9.17) is 28.9 Å². The number of non-ortho nitro benzene ring substituents is 1. The number of carbonyl (C=O) groups is 1. The van der Waals surface area contributed by atoms with Gasteiger partial charge in [0.2, 0.25) is 0 Å². The van der Waals surface area contributed by atoms with Crippen molar-refractivity contribution in [1.29, 1.82) is 0 Å². The number of rotatable bonds is 5. The summed E-state index contributed by atoms with van der Waals surface area (Å²) in [5, 5.41) is 13.4. The van der Waals surface area contributed by atoms with Crippen LogP contribution in [-0.2, 0) is 0 Å². The van der Waals surface area contributed by atoms with E-state index >= 15 is 0 Å². The van der Waals surface area contributed by atoms with Crippen molar-refractivity contribution in [3.05, 3.63) is 37.9 Å². The van der Waals surface area contributed by atoms with Gasteiger partial charge in [0.1, 0.15) is 0 Å². The third-order valence-electron chi connectivity index (χ3n) is 2.84. The third-order valence-corrected chi connectivity index (χ3v) is 3.65. The summed E-state index contributed by atoms with van der Waals surface area (Å²) in [5.74, 6) is -0.415. The first-order chi connectivity index (χ1) is 9.27. The molecule has 110 valence electrons. The van der Waals surface area contributed by atoms with Gasteiger partial charge in [-0.15, -0.1) is 0 Å². The van der Waals surface area contributed by atoms with Gasteiger partial charge >= 0.3 is 0 Å². The summed E-state index contributed by atoms with van der Waals surface area (Å²) >= 11 is 11.7. The molecule has 1 atom stereocenters. The van der Waals surface area contributed by atoms with E-state index in [-0.39, 0.29) is 39.8 Å². The first-order valence-corrected chi connectivity index (χ1v) is 6.67. The normalized spacial score (nSPS) is 12.3. The Morgan fingerprint density at radius 1 is 1.45 bits per heavy atom. The highest BCUT2D eigenvalue weighted by molar-refractivity contribution is 6.44. The highest BCUT2D eigenvalue weighted by Crippen LogP contribution is 2.30. The van der Waals surface area contributed by atoms with Crippen LogP contribution < -0.4 is 11.1 Å². The Hall–Kier alpha value is -1.37. The number of hydrogen-bond acceptors (Lipinski definition) is 4. The topological polar surface area (TPSA) is 98.3 Å². The molecule has 1 rings (SSSR count). The Balaban J connectivity index is 3.12. The van der Waals surface area contributed by atoms with E-state index in [9.17, 15) is 14.9 Å². The monoisotopic (exact) mass is 319 g/mol. The largest absolute Gasteiger partial charge is 0.348 e. The molecule has 1 unspecified atom stereocenters. The minimum Gasteiger partial charge on any atom is -0.348 e. The van der Waals surface area contributed by atoms with Gasteiger partial charge in [-0.25, -0.2) is 0 Å². The van der Waals surface area contributed by atoms with Crippen molar-refractivity contribution >= 4 is 34.8 Å². The zero-order chi connectivity index (χ0) is 15.4. The Morgan fingerprint density at radius 2 is 2.05 bits per heavy atom. The van der Waals surface area contributed by atoms with Crippen LogP contribution >= 0.6 is 23.2 Å². The molecule has 0 aliphatic rings. The molecule has 0 spiro atoms. The molecule has 3 N–H and O–H groups in total. The summed E-state index contributed by atoms with van der Waals surface area (Å²) in [4.78, 5) is 22.3. The number of carbonyl (C=O) groups excluding carboxylic acids is 1. The number of nitrogens with one attached hydrogen (secondary N) is 1. The maximum atomic E-state index is 12.1. The van der Waals surface area contributed by atoms with Crippen molar-refractivity contribution in [1.82, 2.24) is 5.32 Å². The second-order valence-electron chi connectivity index (χ2n) is 4.61. The lowest BCUT2D eigenvalue weighted by Crippen LogP contribution is -2.43. The molecule has 0 radical (unpaired) electrons. The molecular formula is C12H15Cl2N3O3. The summed E-state index contributed by atoms with van der Waals surface area (Å²) in [6, 6.07) is 1.94. The van der Waals surface area contributed by atoms with E-state index in [1.807, 2.05) is 13.8 Å². The molecule has 0 aliphatic carbocycles. The highest BCUT2D eigenvalue weighted by Gasteiger charge is 2.22. The fraction of sp³-hybridized carbons (Fsp3) is 0.417. The highest BCUT2D eigenvalue weighted by atomic mass is 35.5. The fourth-order valence-corrected chi connectivity index (χ4v) is 2.00. The zero-order valence-corrected chi connectivity index (χ0v) is 12.5. The molecule has 6 nitrogen and oxygen atoms in total. The van der Waals surface area contributed by atoms with Gasteiger partial charge in [-0.05, 0) is 5.92 Å². The number of benzene rings is 1. The fourth-order valence-electron chi connectivity index (χ4n) is 1.59. The van der Waals surface area contributed by atoms with Crippen LogP contribution in [0.2, 0.25) is 10.0 Å². The standard InChI is InChI=1S/C12H15Cl2N3O3/c1-6(2)10(5-15)16-12(18)8-3-7(17(19)20)4-9(13)11(8)14/h3-4,6,10H,5,15H2,1-2H3,(H,16,18). The Labute approximate surface area is 126 Å². The van der Waals surface area contributed by atoms with Crippen LogP contribution in [0.15, 0.2) is 12.1 Å². The Bertz CT molecular complexity index is 535. The summed E-state index contributed by atoms with van der Waals surface area (Å²) in [7, 11) is 0. The van der Waals surface area contributed by atoms with Crippen molar-refractivity contribution in [2.24, 2.45) is 11.7 Å². The second kappa shape index (κ2) is 6.88. The maximum absolute atomic E-state index is 12.1. The molecule has 1 aromatic carbocycles. The van der Waals surface area contributed by atoms with Gasteiger partial charge in [0.05, 0.1) is 20.5 Å². The third kappa shape index (κ3) is 3.82. The molecule has 0 aliphatic heterocycles. The first-order valence-electron chi connectivity index (χ1n) is 5.92. The van der Waals surface area contributed by atoms with Gasteiger partial charge in [0, 0.05) is 24.7 Å². The molecule has 1 amide bonds. The van der Waals surface area contributed by atoms with E-state index in [2.05, 4.69) is 5.32 Å². The molecule has 0 heterocycles. The van der Waals surface area contributed by atoms with Crippen molar-refractivity contribution in [2.45, 2.75) is 19.9 Å². The lowest BCUT2D eigenvalue weighted by Gasteiger charge is -2.20. The van der Waals surface area contributed by atoms with Gasteiger partial charge in [-0.2, -0.15) is 0 Å². The van der Waals surface area contributed by atoms with E-state index in [0.29, 0.717) is 0 Å². The van der Waals surface area contributed by atoms with Gasteiger partial charge in [0.25, 0.3) is 11.6 Å². The van der Waals surface area contributed by atoms with E-state index in [1.54, 1.807) is 0 Å². The molecule has 0 fully saturated rings. The van der Waals surface area contributed by atoms with Gasteiger partial charge in [-0.3, -0.25) is 14.9 Å². The van der Waals surface area contributed by atoms with Crippen LogP contribution in [0, 0.1) is 16.0 Å². The molecule has 0 saturated carbocycles. The van der Waals surface area contributed by atoms with Crippen LogP contribution in [-0.4, -0.2) is 23.4 Å². The van der Waals surface area contributed by atoms with E-state index in [0.717, 1.165) is 12.1 Å². The average Bonchev–Trinajstić information content (AvgIpc) is 2.37. The predicted molar refractivity (Wildman–Crippen MR) is 78.3 cm³/mol. The van der Waals surface area contributed by atoms with Gasteiger partial charge < -0.3 is 11.1 Å². The molecule has 0 bridgehead atoms. The number of amides is 1. The van der Waals surface area contributed by atoms with Crippen LogP contribution in [0.4, 0.5) is 5.69 Å². The molecule has 0 saturated heterocycles. The lowest BCUT2D eigenvalue weighted by molar-refractivity contribution is -0.384. The summed E-state index contributed by atoms with van der Waals surface area (Å²) in [6.45, 7) is 4.06. The summed E-state index contributed by atoms with van der Waals surface area (Å²) in [6.07, 6.45) is 0. The quantitative estimate of drug-likeness (QED) is 0.643. The Kier molecular flexibility index (Phi) is 5.74. The van der Waals surface area contributed by atoms with E-state index in [1.165, 1.54) is 0 Å². The zero-order valence-electron chi connectivity index (χ0n) is 11.0. The Morgan fingerprint density at radius 3 is 2.50 bits per heavy atom. The minimum absolute atomic E-state index is 0.0192. The molecule has 8 heteroatoms. The maximum Gasteiger partial charge on any atom is 0.271 e. The first kappa shape index (κ1) is 16.7. The molecule has 1 aromatic rings. The lowest BCUT2D eigenvalue weighted by atomic mass is 10.0. The molecular weight excluding hydrogens is 305 g/mol. The van der Waals surface area contributed by atoms with Crippen LogP contribution in [0.1, 0.15) is 24.2 Å². The number of nitrogens with zero attached hydrogens (tertiary/aromatic N) is 1. The molecule has 0 aromatic heterocycles. The van der Waals surface area contributed by atoms with Crippen molar-refractivity contribution in [2.75, 3.05) is 6.54 Å². The molecule has 20 heavy (non-hydrogen) atoms. The van der Waals surface area contributed by atoms with Gasteiger partial charge in [-0.1, -0.05) is 37.0 Å². The number of nitrogens with two attached hydrogens (primary N) is 1. The van der Waals surface area contributed by atoms with Crippen LogP contribution in [0.25, 0.3) is 0 Å². The van der Waals surface area contributed by atoms with Crippen molar-refractivity contribution in [3.63, 3.8) is 0 Å². The summed E-state index contributed by atoms with van der Waals surface area (Å²) < 4.78 is 0. The smallest absolute Gasteiger partial charge is 0.271 e. The van der Waals surface area contributed by atoms with Gasteiger partial charge in [0.15, 0.2) is 0 Å². The van der Waals surface area contributed by atoms with Crippen LogP contribution in [0.3, 0.4) is 0 Å². The number of hydrogen-bond donors (Lipinski definition) is 2. The minimum atomic E-state index is -0.637. The predicted octanol–water partition coefficient (Wildman–Crippen LogP) is 2.61. The number of halogens is 2. The second-order valence-corrected chi connectivity index (χ2v) is 5.39. The number of nitro benzene ring substituents is 1.